The van der Waals surface area contributed by atoms with Gasteiger partial charge in [-0.05, 0) is 31.4 Å². The van der Waals surface area contributed by atoms with Gasteiger partial charge in [-0.3, -0.25) is 4.79 Å². The molecule has 4 heterocycles. The fourth-order valence-corrected chi connectivity index (χ4v) is 3.29. The molecule has 19 heavy (non-hydrogen) atoms. The van der Waals surface area contributed by atoms with Crippen LogP contribution < -0.4 is 10.6 Å². The zero-order valence-electron chi connectivity index (χ0n) is 10.5. The summed E-state index contributed by atoms with van der Waals surface area (Å²) < 4.78 is 1.87. The summed E-state index contributed by atoms with van der Waals surface area (Å²) in [5.74, 6) is 0.00921. The first-order valence-electron chi connectivity index (χ1n) is 6.78. The normalized spacial score (nSPS) is 28.9. The fraction of sp³-hybridized carbons (Fsp3) is 0.429. The van der Waals surface area contributed by atoms with Gasteiger partial charge in [0.25, 0.3) is 5.91 Å². The van der Waals surface area contributed by atoms with Gasteiger partial charge in [0, 0.05) is 24.3 Å². The van der Waals surface area contributed by atoms with Crippen LogP contribution in [-0.2, 0) is 0 Å². The molecule has 1 amide bonds. The van der Waals surface area contributed by atoms with Gasteiger partial charge in [-0.25, -0.2) is 4.98 Å². The molecule has 2 bridgehead atoms. The molecule has 2 N–H and O–H groups in total. The highest BCUT2D eigenvalue weighted by molar-refractivity contribution is 5.94. The van der Waals surface area contributed by atoms with Crippen molar-refractivity contribution in [2.75, 3.05) is 0 Å². The topological polar surface area (TPSA) is 58.4 Å². The molecule has 0 aliphatic carbocycles. The minimum atomic E-state index is 0.00921. The Balaban J connectivity index is 1.53. The van der Waals surface area contributed by atoms with Crippen molar-refractivity contribution in [2.45, 2.75) is 37.4 Å². The number of hydrogen-bond acceptors (Lipinski definition) is 3. The van der Waals surface area contributed by atoms with E-state index in [1.54, 1.807) is 12.5 Å². The molecule has 0 radical (unpaired) electrons. The number of aromatic nitrogens is 2. The van der Waals surface area contributed by atoms with Crippen LogP contribution in [0.5, 0.6) is 0 Å². The molecule has 2 aromatic rings. The first-order chi connectivity index (χ1) is 9.29. The molecule has 5 nitrogen and oxygen atoms in total. The second kappa shape index (κ2) is 4.06. The molecule has 0 unspecified atom stereocenters. The summed E-state index contributed by atoms with van der Waals surface area (Å²) in [5.41, 5.74) is 1.69. The first kappa shape index (κ1) is 11.0. The average molecular weight is 256 g/mol. The molecular formula is C14H16N4O. The summed E-state index contributed by atoms with van der Waals surface area (Å²) in [6, 6.07) is 5.12. The smallest absolute Gasteiger partial charge is 0.253 e. The number of nitrogens with one attached hydrogen (secondary N) is 2. The molecule has 2 aromatic heterocycles. The van der Waals surface area contributed by atoms with E-state index in [0.29, 0.717) is 17.6 Å². The highest BCUT2D eigenvalue weighted by Gasteiger charge is 2.39. The highest BCUT2D eigenvalue weighted by atomic mass is 16.1. The summed E-state index contributed by atoms with van der Waals surface area (Å²) >= 11 is 0. The molecule has 2 fully saturated rings. The zero-order valence-corrected chi connectivity index (χ0v) is 10.5. The Kier molecular flexibility index (Phi) is 2.35. The van der Waals surface area contributed by atoms with Crippen molar-refractivity contribution in [3.8, 4) is 0 Å². The molecular weight excluding hydrogens is 240 g/mol. The van der Waals surface area contributed by atoms with E-state index in [9.17, 15) is 4.79 Å². The highest BCUT2D eigenvalue weighted by Crippen LogP contribution is 2.28. The maximum atomic E-state index is 12.3. The van der Waals surface area contributed by atoms with E-state index in [0.717, 1.165) is 11.9 Å². The maximum absolute atomic E-state index is 12.3. The number of pyridine rings is 1. The first-order valence-corrected chi connectivity index (χ1v) is 6.78. The number of rotatable bonds is 2. The number of amides is 1. The van der Waals surface area contributed by atoms with Gasteiger partial charge in [-0.15, -0.1) is 0 Å². The lowest BCUT2D eigenvalue weighted by Gasteiger charge is -2.21. The van der Waals surface area contributed by atoms with Crippen LogP contribution >= 0.6 is 0 Å². The van der Waals surface area contributed by atoms with Crippen molar-refractivity contribution in [2.24, 2.45) is 0 Å². The molecule has 0 aromatic carbocycles. The number of carbonyl (C=O) groups is 1. The van der Waals surface area contributed by atoms with Crippen molar-refractivity contribution in [1.82, 2.24) is 20.0 Å². The Morgan fingerprint density at radius 2 is 2.37 bits per heavy atom. The van der Waals surface area contributed by atoms with E-state index < -0.39 is 0 Å². The molecule has 2 saturated heterocycles. The predicted octanol–water partition coefficient (Wildman–Crippen LogP) is 0.957. The van der Waals surface area contributed by atoms with Crippen LogP contribution in [0.4, 0.5) is 0 Å². The fourth-order valence-electron chi connectivity index (χ4n) is 3.29. The number of nitrogens with zero attached hydrogens (tertiary/aromatic N) is 2. The molecule has 0 spiro atoms. The summed E-state index contributed by atoms with van der Waals surface area (Å²) in [4.78, 5) is 16.3. The largest absolute Gasteiger partial charge is 0.348 e. The molecule has 5 heteroatoms. The van der Waals surface area contributed by atoms with E-state index in [1.165, 1.54) is 12.8 Å². The molecule has 98 valence electrons. The number of imidazole rings is 1. The van der Waals surface area contributed by atoms with Gasteiger partial charge in [0.1, 0.15) is 0 Å². The Hall–Kier alpha value is -1.88. The van der Waals surface area contributed by atoms with Crippen LogP contribution in [0.1, 0.15) is 29.6 Å². The van der Waals surface area contributed by atoms with Gasteiger partial charge in [-0.1, -0.05) is 0 Å². The monoisotopic (exact) mass is 256 g/mol. The van der Waals surface area contributed by atoms with Crippen molar-refractivity contribution in [3.05, 3.63) is 36.4 Å². The quantitative estimate of drug-likeness (QED) is 0.841. The standard InChI is InChI=1S/C14H16N4O/c19-14(17-13-5-10-2-4-12(13)16-10)9-1-3-11-6-15-8-18(11)7-9/h1,3,6-8,10,12-13,16H,2,4-5H2,(H,17,19)/t10-,12+,13-/m1/s1. The van der Waals surface area contributed by atoms with E-state index >= 15 is 0 Å². The summed E-state index contributed by atoms with van der Waals surface area (Å²) in [6.07, 6.45) is 8.81. The van der Waals surface area contributed by atoms with Gasteiger partial charge in [0.2, 0.25) is 0 Å². The Labute approximate surface area is 111 Å². The molecule has 2 aliphatic rings. The summed E-state index contributed by atoms with van der Waals surface area (Å²) in [5, 5.41) is 6.68. The van der Waals surface area contributed by atoms with Crippen LogP contribution in [0.3, 0.4) is 0 Å². The molecule has 4 rings (SSSR count). The summed E-state index contributed by atoms with van der Waals surface area (Å²) in [6.45, 7) is 0. The number of carbonyl (C=O) groups excluding carboxylic acids is 1. The molecule has 2 aliphatic heterocycles. The van der Waals surface area contributed by atoms with E-state index in [1.807, 2.05) is 22.7 Å². The van der Waals surface area contributed by atoms with Gasteiger partial charge < -0.3 is 15.0 Å². The third-order valence-electron chi connectivity index (χ3n) is 4.29. The maximum Gasteiger partial charge on any atom is 0.253 e. The second-order valence-corrected chi connectivity index (χ2v) is 5.51. The van der Waals surface area contributed by atoms with Crippen molar-refractivity contribution >= 4 is 11.4 Å². The third-order valence-corrected chi connectivity index (χ3v) is 4.29. The Morgan fingerprint density at radius 3 is 3.16 bits per heavy atom. The second-order valence-electron chi connectivity index (χ2n) is 5.51. The van der Waals surface area contributed by atoms with Crippen molar-refractivity contribution in [3.63, 3.8) is 0 Å². The van der Waals surface area contributed by atoms with Crippen LogP contribution in [-0.4, -0.2) is 33.4 Å². The van der Waals surface area contributed by atoms with Gasteiger partial charge >= 0.3 is 0 Å². The zero-order chi connectivity index (χ0) is 12.8. The lowest BCUT2D eigenvalue weighted by Crippen LogP contribution is -2.42. The SMILES string of the molecule is O=C(N[C@@H]1C[C@H]2CC[C@@H]1N2)c1ccc2cncn2c1. The lowest BCUT2D eigenvalue weighted by molar-refractivity contribution is 0.0930. The molecule has 0 saturated carbocycles. The minimum Gasteiger partial charge on any atom is -0.348 e. The predicted molar refractivity (Wildman–Crippen MR) is 71.0 cm³/mol. The van der Waals surface area contributed by atoms with E-state index in [2.05, 4.69) is 15.6 Å². The third kappa shape index (κ3) is 1.81. The molecule has 3 atom stereocenters. The number of hydrogen-bond donors (Lipinski definition) is 2. The average Bonchev–Trinajstić information content (AvgIpc) is 3.13. The van der Waals surface area contributed by atoms with Crippen LogP contribution in [0.15, 0.2) is 30.9 Å². The van der Waals surface area contributed by atoms with Crippen LogP contribution in [0, 0.1) is 0 Å². The van der Waals surface area contributed by atoms with Crippen molar-refractivity contribution < 1.29 is 4.79 Å². The van der Waals surface area contributed by atoms with E-state index in [4.69, 9.17) is 0 Å². The Morgan fingerprint density at radius 1 is 1.42 bits per heavy atom. The van der Waals surface area contributed by atoms with Gasteiger partial charge in [-0.2, -0.15) is 0 Å². The minimum absolute atomic E-state index is 0.00921. The lowest BCUT2D eigenvalue weighted by atomic mass is 9.95. The van der Waals surface area contributed by atoms with E-state index in [-0.39, 0.29) is 11.9 Å². The van der Waals surface area contributed by atoms with Gasteiger partial charge in [0.15, 0.2) is 0 Å². The Bertz CT molecular complexity index is 635. The van der Waals surface area contributed by atoms with Crippen molar-refractivity contribution in [1.29, 1.82) is 0 Å². The number of fused-ring (bicyclic) bond motifs is 3. The van der Waals surface area contributed by atoms with Crippen LogP contribution in [0.2, 0.25) is 0 Å². The summed E-state index contributed by atoms with van der Waals surface area (Å²) in [7, 11) is 0. The van der Waals surface area contributed by atoms with Gasteiger partial charge in [0.05, 0.1) is 23.6 Å². The van der Waals surface area contributed by atoms with Crippen LogP contribution in [0.25, 0.3) is 5.52 Å².